The zero-order valence-corrected chi connectivity index (χ0v) is 15.6. The average molecular weight is 371 g/mol. The molecule has 6 heteroatoms. The summed E-state index contributed by atoms with van der Waals surface area (Å²) < 4.78 is 19.5. The Balaban J connectivity index is 1.36. The standard InChI is InChI=1S/C21H26FN3O2/c1-17(27-18-7-3-2-4-8-18)21(26)23-11-12-24-13-15-25(16-14-24)20-10-6-5-9-19(20)22/h2-10,17H,11-16H2,1H3,(H,23,26). The molecule has 0 aliphatic carbocycles. The van der Waals surface area contributed by atoms with Gasteiger partial charge in [0.15, 0.2) is 6.10 Å². The lowest BCUT2D eigenvalue weighted by molar-refractivity contribution is -0.127. The van der Waals surface area contributed by atoms with Crippen LogP contribution in [0.15, 0.2) is 54.6 Å². The van der Waals surface area contributed by atoms with Crippen molar-refractivity contribution in [1.82, 2.24) is 10.2 Å². The molecule has 1 unspecified atom stereocenters. The highest BCUT2D eigenvalue weighted by atomic mass is 19.1. The van der Waals surface area contributed by atoms with Crippen molar-refractivity contribution < 1.29 is 13.9 Å². The number of rotatable bonds is 7. The van der Waals surface area contributed by atoms with Crippen LogP contribution in [0.2, 0.25) is 0 Å². The predicted molar refractivity (Wildman–Crippen MR) is 105 cm³/mol. The van der Waals surface area contributed by atoms with Gasteiger partial charge < -0.3 is 15.0 Å². The van der Waals surface area contributed by atoms with Crippen molar-refractivity contribution in [2.75, 3.05) is 44.2 Å². The Morgan fingerprint density at radius 3 is 2.44 bits per heavy atom. The van der Waals surface area contributed by atoms with E-state index in [2.05, 4.69) is 15.1 Å². The van der Waals surface area contributed by atoms with Gasteiger partial charge in [-0.3, -0.25) is 9.69 Å². The van der Waals surface area contributed by atoms with E-state index >= 15 is 0 Å². The minimum absolute atomic E-state index is 0.121. The molecule has 0 bridgehead atoms. The van der Waals surface area contributed by atoms with Crippen molar-refractivity contribution in [2.45, 2.75) is 13.0 Å². The Hall–Kier alpha value is -2.60. The molecule has 0 saturated carbocycles. The number of nitrogens with one attached hydrogen (secondary N) is 1. The van der Waals surface area contributed by atoms with E-state index in [1.54, 1.807) is 13.0 Å². The van der Waals surface area contributed by atoms with Gasteiger partial charge in [-0.2, -0.15) is 0 Å². The third kappa shape index (κ3) is 5.44. The molecule has 1 fully saturated rings. The zero-order chi connectivity index (χ0) is 19.1. The first kappa shape index (κ1) is 19.2. The number of ether oxygens (including phenoxy) is 1. The van der Waals surface area contributed by atoms with Crippen LogP contribution >= 0.6 is 0 Å². The van der Waals surface area contributed by atoms with Crippen LogP contribution in [-0.2, 0) is 4.79 Å². The minimum atomic E-state index is -0.537. The Labute approximate surface area is 159 Å². The van der Waals surface area contributed by atoms with Gasteiger partial charge in [0, 0.05) is 39.3 Å². The molecule has 1 aliphatic rings. The van der Waals surface area contributed by atoms with E-state index < -0.39 is 6.10 Å². The molecule has 0 aromatic heterocycles. The first-order valence-electron chi connectivity index (χ1n) is 9.35. The number of carbonyl (C=O) groups is 1. The fourth-order valence-electron chi connectivity index (χ4n) is 3.16. The van der Waals surface area contributed by atoms with Gasteiger partial charge in [-0.1, -0.05) is 30.3 Å². The summed E-state index contributed by atoms with van der Waals surface area (Å²) in [6.07, 6.45) is -0.537. The summed E-state index contributed by atoms with van der Waals surface area (Å²) in [5, 5.41) is 2.92. The topological polar surface area (TPSA) is 44.8 Å². The number of hydrogen-bond acceptors (Lipinski definition) is 4. The van der Waals surface area contributed by atoms with Crippen molar-refractivity contribution in [3.8, 4) is 5.75 Å². The summed E-state index contributed by atoms with van der Waals surface area (Å²) >= 11 is 0. The lowest BCUT2D eigenvalue weighted by Gasteiger charge is -2.36. The van der Waals surface area contributed by atoms with Crippen molar-refractivity contribution >= 4 is 11.6 Å². The Kier molecular flexibility index (Phi) is 6.65. The predicted octanol–water partition coefficient (Wildman–Crippen LogP) is 2.53. The third-order valence-electron chi connectivity index (χ3n) is 4.72. The van der Waals surface area contributed by atoms with E-state index in [1.165, 1.54) is 6.07 Å². The lowest BCUT2D eigenvalue weighted by Crippen LogP contribution is -2.49. The van der Waals surface area contributed by atoms with Crippen LogP contribution in [-0.4, -0.2) is 56.2 Å². The van der Waals surface area contributed by atoms with Gasteiger partial charge in [-0.15, -0.1) is 0 Å². The minimum Gasteiger partial charge on any atom is -0.481 e. The average Bonchev–Trinajstić information content (AvgIpc) is 2.70. The Bertz CT molecular complexity index is 733. The molecule has 1 heterocycles. The molecule has 27 heavy (non-hydrogen) atoms. The number of halogens is 1. The Morgan fingerprint density at radius 2 is 1.74 bits per heavy atom. The van der Waals surface area contributed by atoms with Crippen molar-refractivity contribution in [2.24, 2.45) is 0 Å². The van der Waals surface area contributed by atoms with Crippen LogP contribution in [0.25, 0.3) is 0 Å². The van der Waals surface area contributed by atoms with Crippen LogP contribution in [0.3, 0.4) is 0 Å². The van der Waals surface area contributed by atoms with Crippen LogP contribution in [0.5, 0.6) is 5.75 Å². The van der Waals surface area contributed by atoms with Crippen LogP contribution < -0.4 is 15.0 Å². The SMILES string of the molecule is CC(Oc1ccccc1)C(=O)NCCN1CCN(c2ccccc2F)CC1. The molecule has 2 aromatic carbocycles. The second-order valence-corrected chi connectivity index (χ2v) is 6.64. The molecule has 144 valence electrons. The van der Waals surface area contributed by atoms with Gasteiger partial charge >= 0.3 is 0 Å². The molecular weight excluding hydrogens is 345 g/mol. The first-order valence-corrected chi connectivity index (χ1v) is 9.35. The van der Waals surface area contributed by atoms with E-state index in [0.29, 0.717) is 18.0 Å². The monoisotopic (exact) mass is 371 g/mol. The van der Waals surface area contributed by atoms with E-state index in [1.807, 2.05) is 42.5 Å². The number of piperazine rings is 1. The van der Waals surface area contributed by atoms with E-state index in [0.717, 1.165) is 32.7 Å². The smallest absolute Gasteiger partial charge is 0.260 e. The summed E-state index contributed by atoms with van der Waals surface area (Å²) in [6, 6.07) is 16.2. The van der Waals surface area contributed by atoms with E-state index in [4.69, 9.17) is 4.74 Å². The third-order valence-corrected chi connectivity index (χ3v) is 4.72. The summed E-state index contributed by atoms with van der Waals surface area (Å²) in [6.45, 7) is 6.34. The number of para-hydroxylation sites is 2. The van der Waals surface area contributed by atoms with Crippen molar-refractivity contribution in [3.63, 3.8) is 0 Å². The molecule has 0 radical (unpaired) electrons. The van der Waals surface area contributed by atoms with Gasteiger partial charge in [0.25, 0.3) is 5.91 Å². The molecule has 3 rings (SSSR count). The molecule has 5 nitrogen and oxygen atoms in total. The van der Waals surface area contributed by atoms with E-state index in [-0.39, 0.29) is 11.7 Å². The highest BCUT2D eigenvalue weighted by molar-refractivity contribution is 5.80. The lowest BCUT2D eigenvalue weighted by atomic mass is 10.2. The maximum atomic E-state index is 13.9. The molecule has 2 aromatic rings. The quantitative estimate of drug-likeness (QED) is 0.812. The number of anilines is 1. The molecule has 1 N–H and O–H groups in total. The van der Waals surface area contributed by atoms with Gasteiger partial charge in [-0.25, -0.2) is 4.39 Å². The maximum Gasteiger partial charge on any atom is 0.260 e. The number of hydrogen-bond donors (Lipinski definition) is 1. The molecule has 1 saturated heterocycles. The van der Waals surface area contributed by atoms with Crippen LogP contribution in [0.4, 0.5) is 10.1 Å². The fourth-order valence-corrected chi connectivity index (χ4v) is 3.16. The maximum absolute atomic E-state index is 13.9. The molecule has 1 amide bonds. The first-order chi connectivity index (χ1) is 13.1. The normalized spacial score (nSPS) is 16.0. The number of benzene rings is 2. The number of carbonyl (C=O) groups excluding carboxylic acids is 1. The Morgan fingerprint density at radius 1 is 1.07 bits per heavy atom. The number of amides is 1. The van der Waals surface area contributed by atoms with Crippen LogP contribution in [0.1, 0.15) is 6.92 Å². The molecular formula is C21H26FN3O2. The van der Waals surface area contributed by atoms with Crippen molar-refractivity contribution in [3.05, 3.63) is 60.4 Å². The summed E-state index contributed by atoms with van der Waals surface area (Å²) in [5.74, 6) is 0.388. The largest absolute Gasteiger partial charge is 0.481 e. The zero-order valence-electron chi connectivity index (χ0n) is 15.6. The summed E-state index contributed by atoms with van der Waals surface area (Å²) in [7, 11) is 0. The highest BCUT2D eigenvalue weighted by Gasteiger charge is 2.20. The van der Waals surface area contributed by atoms with E-state index in [9.17, 15) is 9.18 Å². The molecule has 1 atom stereocenters. The van der Waals surface area contributed by atoms with Gasteiger partial charge in [0.2, 0.25) is 0 Å². The number of nitrogens with zero attached hydrogens (tertiary/aromatic N) is 2. The summed E-state index contributed by atoms with van der Waals surface area (Å²) in [4.78, 5) is 16.5. The fraction of sp³-hybridized carbons (Fsp3) is 0.381. The highest BCUT2D eigenvalue weighted by Crippen LogP contribution is 2.19. The second kappa shape index (κ2) is 9.37. The van der Waals surface area contributed by atoms with Crippen LogP contribution in [0, 0.1) is 5.82 Å². The molecule has 1 aliphatic heterocycles. The van der Waals surface area contributed by atoms with Gasteiger partial charge in [0.1, 0.15) is 11.6 Å². The molecule has 0 spiro atoms. The summed E-state index contributed by atoms with van der Waals surface area (Å²) in [5.41, 5.74) is 0.664. The van der Waals surface area contributed by atoms with Gasteiger partial charge in [0.05, 0.1) is 5.69 Å². The van der Waals surface area contributed by atoms with Crippen molar-refractivity contribution in [1.29, 1.82) is 0 Å². The van der Waals surface area contributed by atoms with Gasteiger partial charge in [-0.05, 0) is 31.2 Å². The second-order valence-electron chi connectivity index (χ2n) is 6.64.